The number of amides is 1. The third-order valence-corrected chi connectivity index (χ3v) is 4.97. The predicted octanol–water partition coefficient (Wildman–Crippen LogP) is 5.08. The van der Waals surface area contributed by atoms with Crippen LogP contribution in [0.5, 0.6) is 5.75 Å². The summed E-state index contributed by atoms with van der Waals surface area (Å²) in [7, 11) is 0. The zero-order valence-electron chi connectivity index (χ0n) is 15.7. The van der Waals surface area contributed by atoms with E-state index in [9.17, 15) is 4.79 Å². The molecule has 140 valence electrons. The molecule has 4 nitrogen and oxygen atoms in total. The summed E-state index contributed by atoms with van der Waals surface area (Å²) >= 11 is 1.61. The molecule has 0 bridgehead atoms. The van der Waals surface area contributed by atoms with Gasteiger partial charge in [0.15, 0.2) is 0 Å². The van der Waals surface area contributed by atoms with E-state index in [1.54, 1.807) is 11.3 Å². The quantitative estimate of drug-likeness (QED) is 0.547. The van der Waals surface area contributed by atoms with Crippen molar-refractivity contribution in [2.45, 2.75) is 33.4 Å². The van der Waals surface area contributed by atoms with Crippen LogP contribution in [0.3, 0.4) is 0 Å². The lowest BCUT2D eigenvalue weighted by atomic mass is 10.1. The molecular weight excluding hydrogens is 356 g/mol. The zero-order valence-corrected chi connectivity index (χ0v) is 16.5. The molecule has 0 saturated carbocycles. The molecule has 0 fully saturated rings. The Bertz CT molecular complexity index is 860. The fourth-order valence-corrected chi connectivity index (χ4v) is 3.43. The van der Waals surface area contributed by atoms with Crippen molar-refractivity contribution in [1.82, 2.24) is 9.88 Å². The van der Waals surface area contributed by atoms with E-state index in [1.807, 2.05) is 71.8 Å². The van der Waals surface area contributed by atoms with Crippen molar-refractivity contribution < 1.29 is 9.53 Å². The first-order valence-electron chi connectivity index (χ1n) is 9.12. The van der Waals surface area contributed by atoms with Gasteiger partial charge in [0, 0.05) is 24.0 Å². The predicted molar refractivity (Wildman–Crippen MR) is 109 cm³/mol. The Morgan fingerprint density at radius 1 is 1.11 bits per heavy atom. The molecule has 1 heterocycles. The molecular formula is C22H24N2O2S. The Morgan fingerprint density at radius 2 is 1.85 bits per heavy atom. The molecule has 2 aromatic carbocycles. The molecule has 1 amide bonds. The molecule has 0 spiro atoms. The van der Waals surface area contributed by atoms with Gasteiger partial charge in [-0.05, 0) is 43.2 Å². The van der Waals surface area contributed by atoms with Gasteiger partial charge in [0.1, 0.15) is 12.4 Å². The number of nitrogens with zero attached hydrogens (tertiary/aromatic N) is 2. The van der Waals surface area contributed by atoms with E-state index in [-0.39, 0.29) is 5.91 Å². The largest absolute Gasteiger partial charge is 0.487 e. The lowest BCUT2D eigenvalue weighted by molar-refractivity contribution is 0.0743. The number of ether oxygens (including phenoxy) is 1. The van der Waals surface area contributed by atoms with Gasteiger partial charge in [-0.1, -0.05) is 37.3 Å². The molecule has 1 aromatic heterocycles. The molecule has 0 saturated heterocycles. The van der Waals surface area contributed by atoms with Crippen LogP contribution in [0.15, 0.2) is 60.0 Å². The Morgan fingerprint density at radius 3 is 2.48 bits per heavy atom. The summed E-state index contributed by atoms with van der Waals surface area (Å²) in [6.45, 7) is 5.85. The van der Waals surface area contributed by atoms with Crippen LogP contribution in [0.1, 0.15) is 40.0 Å². The van der Waals surface area contributed by atoms with E-state index in [0.29, 0.717) is 18.7 Å². The van der Waals surface area contributed by atoms with Gasteiger partial charge in [-0.25, -0.2) is 4.98 Å². The second-order valence-electron chi connectivity index (χ2n) is 6.38. The van der Waals surface area contributed by atoms with Crippen LogP contribution in [0, 0.1) is 6.92 Å². The average molecular weight is 381 g/mol. The number of rotatable bonds is 8. The second-order valence-corrected chi connectivity index (χ2v) is 7.45. The van der Waals surface area contributed by atoms with Crippen molar-refractivity contribution in [1.29, 1.82) is 0 Å². The van der Waals surface area contributed by atoms with Gasteiger partial charge in [-0.2, -0.15) is 0 Å². The van der Waals surface area contributed by atoms with Gasteiger partial charge in [-0.15, -0.1) is 11.3 Å². The van der Waals surface area contributed by atoms with Crippen LogP contribution in [0.4, 0.5) is 0 Å². The molecule has 0 aliphatic heterocycles. The first kappa shape index (κ1) is 19.1. The highest BCUT2D eigenvalue weighted by molar-refractivity contribution is 7.09. The van der Waals surface area contributed by atoms with E-state index in [4.69, 9.17) is 4.74 Å². The molecule has 0 N–H and O–H groups in total. The van der Waals surface area contributed by atoms with Gasteiger partial charge in [0.2, 0.25) is 0 Å². The van der Waals surface area contributed by atoms with Crippen molar-refractivity contribution in [3.63, 3.8) is 0 Å². The highest BCUT2D eigenvalue weighted by Crippen LogP contribution is 2.17. The number of benzene rings is 2. The summed E-state index contributed by atoms with van der Waals surface area (Å²) < 4.78 is 5.76. The molecule has 5 heteroatoms. The number of hydrogen-bond acceptors (Lipinski definition) is 4. The van der Waals surface area contributed by atoms with E-state index >= 15 is 0 Å². The fourth-order valence-electron chi connectivity index (χ4n) is 2.83. The van der Waals surface area contributed by atoms with Crippen molar-refractivity contribution in [2.24, 2.45) is 0 Å². The van der Waals surface area contributed by atoms with Crippen molar-refractivity contribution in [2.75, 3.05) is 6.54 Å². The van der Waals surface area contributed by atoms with Crippen LogP contribution in [-0.4, -0.2) is 22.3 Å². The topological polar surface area (TPSA) is 42.4 Å². The van der Waals surface area contributed by atoms with E-state index in [2.05, 4.69) is 11.9 Å². The number of thiazole rings is 1. The minimum Gasteiger partial charge on any atom is -0.487 e. The molecule has 3 rings (SSSR count). The van der Waals surface area contributed by atoms with E-state index < -0.39 is 0 Å². The Balaban J connectivity index is 1.63. The maximum absolute atomic E-state index is 12.9. The molecule has 0 aliphatic rings. The molecule has 3 aromatic rings. The SMILES string of the molecule is CCCN(Cc1ccccc1)C(=O)c1ccc(OCc2csc(C)n2)cc1. The summed E-state index contributed by atoms with van der Waals surface area (Å²) in [5.41, 5.74) is 2.74. The second kappa shape index (κ2) is 9.33. The molecule has 27 heavy (non-hydrogen) atoms. The summed E-state index contributed by atoms with van der Waals surface area (Å²) in [5, 5.41) is 3.03. The highest BCUT2D eigenvalue weighted by atomic mass is 32.1. The van der Waals surface area contributed by atoms with Crippen molar-refractivity contribution >= 4 is 17.2 Å². The minimum atomic E-state index is 0.0439. The van der Waals surface area contributed by atoms with Crippen molar-refractivity contribution in [3.05, 3.63) is 81.8 Å². The van der Waals surface area contributed by atoms with Crippen molar-refractivity contribution in [3.8, 4) is 5.75 Å². The van der Waals surface area contributed by atoms with E-state index in [1.165, 1.54) is 0 Å². The van der Waals surface area contributed by atoms with Gasteiger partial charge in [-0.3, -0.25) is 4.79 Å². The number of carbonyl (C=O) groups is 1. The summed E-state index contributed by atoms with van der Waals surface area (Å²) in [5.74, 6) is 0.782. The third kappa shape index (κ3) is 5.41. The lowest BCUT2D eigenvalue weighted by Gasteiger charge is -2.22. The Hall–Kier alpha value is -2.66. The summed E-state index contributed by atoms with van der Waals surface area (Å²) in [4.78, 5) is 19.2. The number of hydrogen-bond donors (Lipinski definition) is 0. The number of aromatic nitrogens is 1. The van der Waals surface area contributed by atoms with Crippen LogP contribution >= 0.6 is 11.3 Å². The van der Waals surface area contributed by atoms with Crippen LogP contribution in [0.2, 0.25) is 0 Å². The average Bonchev–Trinajstić information content (AvgIpc) is 3.12. The summed E-state index contributed by atoms with van der Waals surface area (Å²) in [6.07, 6.45) is 0.923. The van der Waals surface area contributed by atoms with Gasteiger partial charge < -0.3 is 9.64 Å². The Kier molecular flexibility index (Phi) is 6.60. The number of aryl methyl sites for hydroxylation is 1. The summed E-state index contributed by atoms with van der Waals surface area (Å²) in [6, 6.07) is 17.4. The van der Waals surface area contributed by atoms with Crippen LogP contribution in [-0.2, 0) is 13.2 Å². The third-order valence-electron chi connectivity index (χ3n) is 4.15. The van der Waals surface area contributed by atoms with Crippen LogP contribution in [0.25, 0.3) is 0 Å². The van der Waals surface area contributed by atoms with Gasteiger partial charge >= 0.3 is 0 Å². The first-order chi connectivity index (χ1) is 13.2. The normalized spacial score (nSPS) is 10.6. The monoisotopic (exact) mass is 380 g/mol. The maximum Gasteiger partial charge on any atom is 0.254 e. The molecule has 0 atom stereocenters. The van der Waals surface area contributed by atoms with E-state index in [0.717, 1.165) is 35.0 Å². The van der Waals surface area contributed by atoms with Gasteiger partial charge in [0.25, 0.3) is 5.91 Å². The highest BCUT2D eigenvalue weighted by Gasteiger charge is 2.15. The fraction of sp³-hybridized carbons (Fsp3) is 0.273. The standard InChI is InChI=1S/C22H24N2O2S/c1-3-13-24(14-18-7-5-4-6-8-18)22(25)19-9-11-21(12-10-19)26-15-20-16-27-17(2)23-20/h4-12,16H,3,13-15H2,1-2H3. The first-order valence-corrected chi connectivity index (χ1v) is 10.0. The maximum atomic E-state index is 12.9. The molecule has 0 aliphatic carbocycles. The van der Waals surface area contributed by atoms with Gasteiger partial charge in [0.05, 0.1) is 10.7 Å². The number of carbonyl (C=O) groups excluding carboxylic acids is 1. The van der Waals surface area contributed by atoms with Crippen LogP contribution < -0.4 is 4.74 Å². The molecule has 0 unspecified atom stereocenters. The smallest absolute Gasteiger partial charge is 0.254 e. The molecule has 0 radical (unpaired) electrons. The lowest BCUT2D eigenvalue weighted by Crippen LogP contribution is -2.31. The minimum absolute atomic E-state index is 0.0439. The Labute approximate surface area is 164 Å². The zero-order chi connectivity index (χ0) is 19.1.